The van der Waals surface area contributed by atoms with Crippen molar-refractivity contribution in [3.05, 3.63) is 40.6 Å². The Morgan fingerprint density at radius 1 is 1.03 bits per heavy atom. The molecular formula is C20H31N5O4S. The Labute approximate surface area is 177 Å². The topological polar surface area (TPSA) is 126 Å². The van der Waals surface area contributed by atoms with E-state index in [-0.39, 0.29) is 22.8 Å². The van der Waals surface area contributed by atoms with Crippen molar-refractivity contribution in [2.75, 3.05) is 5.32 Å². The van der Waals surface area contributed by atoms with Crippen LogP contribution in [0.4, 0.5) is 5.69 Å². The van der Waals surface area contributed by atoms with E-state index in [1.807, 2.05) is 0 Å². The largest absolute Gasteiger partial charge is 0.381 e. The lowest BCUT2D eigenvalue weighted by molar-refractivity contribution is -0.404. The van der Waals surface area contributed by atoms with Crippen LogP contribution in [0.2, 0.25) is 0 Å². The number of nitro groups is 1. The molecule has 166 valence electrons. The predicted molar refractivity (Wildman–Crippen MR) is 115 cm³/mol. The highest BCUT2D eigenvalue weighted by Crippen LogP contribution is 2.26. The van der Waals surface area contributed by atoms with Crippen LogP contribution in [0, 0.1) is 10.1 Å². The van der Waals surface area contributed by atoms with Gasteiger partial charge in [0.1, 0.15) is 4.90 Å². The van der Waals surface area contributed by atoms with Crippen LogP contribution in [0.3, 0.4) is 0 Å². The highest BCUT2D eigenvalue weighted by atomic mass is 32.2. The first-order chi connectivity index (χ1) is 14.4. The van der Waals surface area contributed by atoms with E-state index in [9.17, 15) is 18.5 Å². The number of nitrogens with one attached hydrogen (secondary N) is 3. The summed E-state index contributed by atoms with van der Waals surface area (Å²) in [5.41, 5.74) is 0.475. The van der Waals surface area contributed by atoms with Gasteiger partial charge in [-0.3, -0.25) is 19.8 Å². The summed E-state index contributed by atoms with van der Waals surface area (Å²) in [6.07, 6.45) is 15.0. The number of anilines is 1. The molecule has 2 aliphatic carbocycles. The molecule has 10 heteroatoms. The fourth-order valence-corrected chi connectivity index (χ4v) is 5.35. The summed E-state index contributed by atoms with van der Waals surface area (Å²) in [5, 5.41) is 17.4. The zero-order chi connectivity index (χ0) is 21.4. The van der Waals surface area contributed by atoms with Gasteiger partial charge < -0.3 is 10.6 Å². The van der Waals surface area contributed by atoms with E-state index < -0.39 is 14.9 Å². The van der Waals surface area contributed by atoms with Crippen LogP contribution in [0.15, 0.2) is 35.4 Å². The molecule has 0 unspecified atom stereocenters. The number of aromatic nitrogens is 1. The van der Waals surface area contributed by atoms with Gasteiger partial charge in [0.25, 0.3) is 16.2 Å². The minimum absolute atomic E-state index is 0.00561. The van der Waals surface area contributed by atoms with E-state index in [2.05, 4.69) is 20.3 Å². The zero-order valence-electron chi connectivity index (χ0n) is 17.2. The second-order valence-electron chi connectivity index (χ2n) is 8.12. The number of pyridine rings is 1. The van der Waals surface area contributed by atoms with Crippen LogP contribution in [-0.2, 0) is 10.0 Å². The Hall–Kier alpha value is -2.36. The second kappa shape index (κ2) is 10.6. The van der Waals surface area contributed by atoms with Crippen molar-refractivity contribution in [2.24, 2.45) is 0 Å². The fourth-order valence-electron chi connectivity index (χ4n) is 4.22. The molecule has 0 bridgehead atoms. The average molecular weight is 438 g/mol. The van der Waals surface area contributed by atoms with Crippen LogP contribution in [0.1, 0.15) is 70.6 Å². The summed E-state index contributed by atoms with van der Waals surface area (Å²) in [4.78, 5) is 14.4. The first-order valence-corrected chi connectivity index (χ1v) is 12.3. The lowest BCUT2D eigenvalue weighted by atomic mass is 9.96. The monoisotopic (exact) mass is 437 g/mol. The molecule has 9 nitrogen and oxygen atoms in total. The first-order valence-electron chi connectivity index (χ1n) is 10.8. The van der Waals surface area contributed by atoms with Crippen molar-refractivity contribution in [2.45, 2.75) is 87.6 Å². The molecule has 0 atom stereocenters. The van der Waals surface area contributed by atoms with E-state index >= 15 is 0 Å². The summed E-state index contributed by atoms with van der Waals surface area (Å²) in [5.74, 6) is -0.115. The zero-order valence-corrected chi connectivity index (χ0v) is 18.0. The van der Waals surface area contributed by atoms with Gasteiger partial charge in [0.2, 0.25) is 0 Å². The van der Waals surface area contributed by atoms with E-state index in [0.29, 0.717) is 11.9 Å². The summed E-state index contributed by atoms with van der Waals surface area (Å²) in [6, 6.07) is 1.87. The Morgan fingerprint density at radius 3 is 2.27 bits per heavy atom. The molecule has 0 saturated heterocycles. The molecular weight excluding hydrogens is 406 g/mol. The molecule has 0 aromatic carbocycles. The lowest BCUT2D eigenvalue weighted by Crippen LogP contribution is -2.39. The first kappa shape index (κ1) is 22.3. The molecule has 2 fully saturated rings. The third-order valence-corrected chi connectivity index (χ3v) is 7.13. The molecule has 0 spiro atoms. The van der Waals surface area contributed by atoms with Gasteiger partial charge in [0.05, 0.1) is 10.6 Å². The van der Waals surface area contributed by atoms with Crippen LogP contribution in [0.5, 0.6) is 0 Å². The number of rotatable bonds is 8. The minimum atomic E-state index is -4.06. The lowest BCUT2D eigenvalue weighted by Gasteiger charge is -2.25. The van der Waals surface area contributed by atoms with Crippen LogP contribution in [0.25, 0.3) is 0 Å². The fraction of sp³-hybridized carbons (Fsp3) is 0.650. The summed E-state index contributed by atoms with van der Waals surface area (Å²) >= 11 is 0. The minimum Gasteiger partial charge on any atom is -0.381 e. The molecule has 2 saturated carbocycles. The van der Waals surface area contributed by atoms with Crippen LogP contribution >= 0.6 is 0 Å². The Bertz CT molecular complexity index is 845. The van der Waals surface area contributed by atoms with Crippen LogP contribution < -0.4 is 15.4 Å². The van der Waals surface area contributed by atoms with Gasteiger partial charge in [-0.05, 0) is 31.7 Å². The van der Waals surface area contributed by atoms with Crippen molar-refractivity contribution in [1.82, 2.24) is 15.0 Å². The van der Waals surface area contributed by atoms with Crippen molar-refractivity contribution < 1.29 is 13.3 Å². The molecule has 3 N–H and O–H groups in total. The van der Waals surface area contributed by atoms with Gasteiger partial charge in [0, 0.05) is 24.5 Å². The molecule has 1 aromatic heterocycles. The van der Waals surface area contributed by atoms with E-state index in [1.165, 1.54) is 19.0 Å². The average Bonchev–Trinajstić information content (AvgIpc) is 2.97. The maximum Gasteiger partial charge on any atom is 0.275 e. The SMILES string of the molecule is O=[N+]([O-])C=C(NC1CCCCC1)NS(=O)(=O)c1cnccc1NC1CCCCCC1. The highest BCUT2D eigenvalue weighted by molar-refractivity contribution is 7.89. The van der Waals surface area contributed by atoms with Gasteiger partial charge in [-0.2, -0.15) is 0 Å². The van der Waals surface area contributed by atoms with Crippen molar-refractivity contribution in [3.63, 3.8) is 0 Å². The van der Waals surface area contributed by atoms with Gasteiger partial charge >= 0.3 is 0 Å². The second-order valence-corrected chi connectivity index (χ2v) is 9.77. The van der Waals surface area contributed by atoms with E-state index in [1.54, 1.807) is 12.3 Å². The third-order valence-electron chi connectivity index (χ3n) is 5.73. The van der Waals surface area contributed by atoms with Crippen LogP contribution in [-0.4, -0.2) is 30.4 Å². The van der Waals surface area contributed by atoms with Gasteiger partial charge in [-0.1, -0.05) is 44.9 Å². The Kier molecular flexibility index (Phi) is 7.89. The number of nitrogens with zero attached hydrogens (tertiary/aromatic N) is 2. The maximum absolute atomic E-state index is 13.1. The van der Waals surface area contributed by atoms with Gasteiger partial charge in [-0.15, -0.1) is 0 Å². The van der Waals surface area contributed by atoms with Crippen molar-refractivity contribution in [3.8, 4) is 0 Å². The Balaban J connectivity index is 1.78. The number of hydrogen-bond donors (Lipinski definition) is 3. The normalized spacial score (nSPS) is 19.7. The third kappa shape index (κ3) is 6.58. The Morgan fingerprint density at radius 2 is 1.63 bits per heavy atom. The summed E-state index contributed by atoms with van der Waals surface area (Å²) < 4.78 is 28.6. The smallest absolute Gasteiger partial charge is 0.275 e. The number of hydrogen-bond acceptors (Lipinski definition) is 7. The van der Waals surface area contributed by atoms with E-state index in [4.69, 9.17) is 0 Å². The number of sulfonamides is 1. The summed E-state index contributed by atoms with van der Waals surface area (Å²) in [7, 11) is -4.06. The van der Waals surface area contributed by atoms with Crippen molar-refractivity contribution in [1.29, 1.82) is 0 Å². The quantitative estimate of drug-likeness (QED) is 0.323. The molecule has 30 heavy (non-hydrogen) atoms. The highest BCUT2D eigenvalue weighted by Gasteiger charge is 2.25. The van der Waals surface area contributed by atoms with E-state index in [0.717, 1.165) is 57.8 Å². The molecule has 0 radical (unpaired) electrons. The standard InChI is InChI=1S/C20H31N5O4S/c26-25(27)15-20(23-17-10-6-3-7-11-17)24-30(28,29)19-14-21-13-12-18(19)22-16-8-4-1-2-5-9-16/h12-17,23-24H,1-11H2,(H,21,22). The molecule has 2 aliphatic rings. The predicted octanol–water partition coefficient (Wildman–Crippen LogP) is 3.49. The van der Waals surface area contributed by atoms with Gasteiger partial charge in [0.15, 0.2) is 5.82 Å². The molecule has 0 amide bonds. The molecule has 1 aromatic rings. The molecule has 1 heterocycles. The molecule has 3 rings (SSSR count). The summed E-state index contributed by atoms with van der Waals surface area (Å²) in [6.45, 7) is 0. The molecule has 0 aliphatic heterocycles. The van der Waals surface area contributed by atoms with Crippen molar-refractivity contribution >= 4 is 15.7 Å². The van der Waals surface area contributed by atoms with Gasteiger partial charge in [-0.25, -0.2) is 8.42 Å². The maximum atomic E-state index is 13.1.